The lowest BCUT2D eigenvalue weighted by Gasteiger charge is -2.26. The molecule has 0 saturated heterocycles. The highest BCUT2D eigenvalue weighted by Gasteiger charge is 2.41. The first-order valence-electron chi connectivity index (χ1n) is 7.80. The van der Waals surface area contributed by atoms with Crippen molar-refractivity contribution in [1.29, 1.82) is 0 Å². The van der Waals surface area contributed by atoms with Gasteiger partial charge in [0.2, 0.25) is 0 Å². The van der Waals surface area contributed by atoms with Crippen LogP contribution in [-0.2, 0) is 9.59 Å². The van der Waals surface area contributed by atoms with Crippen molar-refractivity contribution in [3.05, 3.63) is 47.2 Å². The number of hydrogen-bond acceptors (Lipinski definition) is 4. The van der Waals surface area contributed by atoms with Gasteiger partial charge in [-0.1, -0.05) is 30.3 Å². The second-order valence-corrected chi connectivity index (χ2v) is 5.57. The van der Waals surface area contributed by atoms with Crippen LogP contribution in [0, 0.1) is 0 Å². The fourth-order valence-electron chi connectivity index (χ4n) is 2.87. The molecule has 0 saturated carbocycles. The van der Waals surface area contributed by atoms with Crippen LogP contribution in [0.1, 0.15) is 24.9 Å². The van der Waals surface area contributed by atoms with Gasteiger partial charge in [0.05, 0.1) is 31.3 Å². The van der Waals surface area contributed by atoms with E-state index in [2.05, 4.69) is 0 Å². The zero-order chi connectivity index (χ0) is 16.8. The molecule has 0 unspecified atom stereocenters. The SMILES string of the molecule is CC(=O)C1=C(O)C(=O)N(CCC[NH2+]CCO)[C@H]1c1ccccc1. The summed E-state index contributed by atoms with van der Waals surface area (Å²) in [5.74, 6) is -1.23. The summed E-state index contributed by atoms with van der Waals surface area (Å²) in [7, 11) is 0. The van der Waals surface area contributed by atoms with Gasteiger partial charge in [0, 0.05) is 13.0 Å². The number of quaternary nitrogens is 1. The van der Waals surface area contributed by atoms with Crippen molar-refractivity contribution in [1.82, 2.24) is 4.90 Å². The topological polar surface area (TPSA) is 94.5 Å². The Morgan fingerprint density at radius 1 is 1.26 bits per heavy atom. The summed E-state index contributed by atoms with van der Waals surface area (Å²) < 4.78 is 0. The molecule has 1 heterocycles. The van der Waals surface area contributed by atoms with Crippen LogP contribution in [0.2, 0.25) is 0 Å². The minimum absolute atomic E-state index is 0.117. The van der Waals surface area contributed by atoms with Crippen LogP contribution < -0.4 is 5.32 Å². The third-order valence-electron chi connectivity index (χ3n) is 3.94. The molecule has 2 rings (SSSR count). The standard InChI is InChI=1S/C17H22N2O4/c1-12(21)14-15(13-6-3-2-4-7-13)19(17(23)16(14)22)10-5-8-18-9-11-20/h2-4,6-7,15,18,20,22H,5,8-11H2,1H3/p+1/t15-/m0/s1. The highest BCUT2D eigenvalue weighted by molar-refractivity contribution is 6.08. The van der Waals surface area contributed by atoms with Crippen molar-refractivity contribution in [2.45, 2.75) is 19.4 Å². The Kier molecular flexibility index (Phi) is 5.90. The highest BCUT2D eigenvalue weighted by Crippen LogP contribution is 2.37. The average molecular weight is 319 g/mol. The van der Waals surface area contributed by atoms with E-state index in [1.807, 2.05) is 35.6 Å². The lowest BCUT2D eigenvalue weighted by atomic mass is 9.97. The molecule has 1 aliphatic rings. The number of rotatable bonds is 8. The Balaban J connectivity index is 2.19. The number of Topliss-reactive ketones (excluding diaryl/α,β-unsaturated/α-hetero) is 1. The molecule has 0 bridgehead atoms. The molecule has 1 atom stereocenters. The first-order chi connectivity index (χ1) is 11.1. The van der Waals surface area contributed by atoms with E-state index in [9.17, 15) is 14.7 Å². The molecule has 124 valence electrons. The lowest BCUT2D eigenvalue weighted by Crippen LogP contribution is -2.85. The van der Waals surface area contributed by atoms with Gasteiger partial charge in [-0.25, -0.2) is 0 Å². The van der Waals surface area contributed by atoms with Crippen LogP contribution in [0.4, 0.5) is 0 Å². The minimum Gasteiger partial charge on any atom is -0.503 e. The number of amides is 1. The number of hydrogen-bond donors (Lipinski definition) is 3. The van der Waals surface area contributed by atoms with Gasteiger partial charge in [-0.05, 0) is 12.5 Å². The van der Waals surface area contributed by atoms with Crippen LogP contribution in [-0.4, -0.2) is 53.0 Å². The van der Waals surface area contributed by atoms with E-state index >= 15 is 0 Å². The summed E-state index contributed by atoms with van der Waals surface area (Å²) in [5.41, 5.74) is 0.981. The van der Waals surface area contributed by atoms with Gasteiger partial charge in [-0.3, -0.25) is 9.59 Å². The molecule has 0 spiro atoms. The predicted octanol–water partition coefficient (Wildman–Crippen LogP) is -0.0832. The van der Waals surface area contributed by atoms with Gasteiger partial charge in [0.1, 0.15) is 0 Å². The van der Waals surface area contributed by atoms with E-state index in [-0.39, 0.29) is 18.0 Å². The van der Waals surface area contributed by atoms with E-state index in [1.165, 1.54) is 6.92 Å². The Morgan fingerprint density at radius 3 is 2.57 bits per heavy atom. The summed E-state index contributed by atoms with van der Waals surface area (Å²) in [6.07, 6.45) is 0.716. The van der Waals surface area contributed by atoms with E-state index in [1.54, 1.807) is 4.90 Å². The molecule has 1 aromatic carbocycles. The number of nitrogens with two attached hydrogens (primary N) is 1. The Labute approximate surface area is 135 Å². The molecule has 23 heavy (non-hydrogen) atoms. The van der Waals surface area contributed by atoms with Gasteiger partial charge >= 0.3 is 0 Å². The molecule has 0 aromatic heterocycles. The number of carbonyl (C=O) groups is 2. The maximum absolute atomic E-state index is 12.3. The molecule has 1 aromatic rings. The number of carbonyl (C=O) groups excluding carboxylic acids is 2. The zero-order valence-corrected chi connectivity index (χ0v) is 13.2. The maximum Gasteiger partial charge on any atom is 0.290 e. The fraction of sp³-hybridized carbons (Fsp3) is 0.412. The van der Waals surface area contributed by atoms with Crippen molar-refractivity contribution >= 4 is 11.7 Å². The summed E-state index contributed by atoms with van der Waals surface area (Å²) in [6.45, 7) is 3.32. The van der Waals surface area contributed by atoms with Crippen LogP contribution in [0.15, 0.2) is 41.7 Å². The average Bonchev–Trinajstić information content (AvgIpc) is 2.80. The van der Waals surface area contributed by atoms with E-state index in [0.717, 1.165) is 12.1 Å². The molecule has 0 aliphatic carbocycles. The normalized spacial score (nSPS) is 17.9. The molecule has 1 amide bonds. The second-order valence-electron chi connectivity index (χ2n) is 5.57. The van der Waals surface area contributed by atoms with Gasteiger partial charge in [0.15, 0.2) is 11.5 Å². The van der Waals surface area contributed by atoms with Gasteiger partial charge < -0.3 is 20.4 Å². The summed E-state index contributed by atoms with van der Waals surface area (Å²) in [6, 6.07) is 8.74. The predicted molar refractivity (Wildman–Crippen MR) is 84.6 cm³/mol. The smallest absolute Gasteiger partial charge is 0.290 e. The van der Waals surface area contributed by atoms with E-state index in [4.69, 9.17) is 5.11 Å². The molecule has 1 aliphatic heterocycles. The quantitative estimate of drug-likeness (QED) is 0.584. The van der Waals surface area contributed by atoms with Gasteiger partial charge in [-0.15, -0.1) is 0 Å². The number of aliphatic hydroxyl groups excluding tert-OH is 2. The van der Waals surface area contributed by atoms with Gasteiger partial charge in [-0.2, -0.15) is 0 Å². The molecule has 6 nitrogen and oxygen atoms in total. The van der Waals surface area contributed by atoms with Crippen LogP contribution in [0.3, 0.4) is 0 Å². The first kappa shape index (κ1) is 17.2. The van der Waals surface area contributed by atoms with E-state index < -0.39 is 17.7 Å². The van der Waals surface area contributed by atoms with Crippen LogP contribution in [0.5, 0.6) is 0 Å². The number of benzene rings is 1. The maximum atomic E-state index is 12.3. The lowest BCUT2D eigenvalue weighted by molar-refractivity contribution is -0.656. The third kappa shape index (κ3) is 3.78. The van der Waals surface area contributed by atoms with Crippen molar-refractivity contribution in [2.75, 3.05) is 26.2 Å². The summed E-state index contributed by atoms with van der Waals surface area (Å²) in [4.78, 5) is 25.8. The second kappa shape index (κ2) is 7.89. The minimum atomic E-state index is -0.529. The molecular weight excluding hydrogens is 296 g/mol. The van der Waals surface area contributed by atoms with Crippen molar-refractivity contribution in [3.8, 4) is 0 Å². The Morgan fingerprint density at radius 2 is 1.96 bits per heavy atom. The van der Waals surface area contributed by atoms with Crippen molar-refractivity contribution < 1.29 is 25.1 Å². The fourth-order valence-corrected chi connectivity index (χ4v) is 2.87. The van der Waals surface area contributed by atoms with Crippen LogP contribution in [0.25, 0.3) is 0 Å². The summed E-state index contributed by atoms with van der Waals surface area (Å²) >= 11 is 0. The van der Waals surface area contributed by atoms with E-state index in [0.29, 0.717) is 19.5 Å². The molecule has 0 radical (unpaired) electrons. The van der Waals surface area contributed by atoms with Gasteiger partial charge in [0.25, 0.3) is 5.91 Å². The number of ketones is 1. The first-order valence-corrected chi connectivity index (χ1v) is 7.80. The third-order valence-corrected chi connectivity index (χ3v) is 3.94. The molecule has 0 fully saturated rings. The van der Waals surface area contributed by atoms with Crippen molar-refractivity contribution in [3.63, 3.8) is 0 Å². The number of aliphatic hydroxyl groups is 2. The molecular formula is C17H23N2O4+. The molecule has 4 N–H and O–H groups in total. The monoisotopic (exact) mass is 319 g/mol. The Hall–Kier alpha value is -2.18. The number of nitrogens with zero attached hydrogens (tertiary/aromatic N) is 1. The summed E-state index contributed by atoms with van der Waals surface area (Å²) in [5, 5.41) is 20.8. The highest BCUT2D eigenvalue weighted by atomic mass is 16.3. The largest absolute Gasteiger partial charge is 0.503 e. The van der Waals surface area contributed by atoms with Crippen molar-refractivity contribution in [2.24, 2.45) is 0 Å². The van der Waals surface area contributed by atoms with Crippen LogP contribution >= 0.6 is 0 Å². The Bertz CT molecular complexity index is 598. The molecule has 6 heteroatoms. The zero-order valence-electron chi connectivity index (χ0n) is 13.2.